The van der Waals surface area contributed by atoms with Gasteiger partial charge in [-0.25, -0.2) is 4.18 Å². The van der Waals surface area contributed by atoms with Crippen molar-refractivity contribution in [3.8, 4) is 0 Å². The van der Waals surface area contributed by atoms with E-state index in [1.54, 1.807) is 0 Å². The van der Waals surface area contributed by atoms with E-state index in [1.165, 1.54) is 83.5 Å². The van der Waals surface area contributed by atoms with Gasteiger partial charge in [0.25, 0.3) is 0 Å². The molecule has 0 aliphatic carbocycles. The Bertz CT molecular complexity index is 1730. The van der Waals surface area contributed by atoms with E-state index in [-0.39, 0.29) is 19.6 Å². The number of allylic oxidation sites excluding steroid dienone is 18. The predicted molar refractivity (Wildman–Crippen MR) is 312 cm³/mol. The van der Waals surface area contributed by atoms with Crippen molar-refractivity contribution in [1.82, 2.24) is 0 Å². The van der Waals surface area contributed by atoms with Crippen molar-refractivity contribution < 1.29 is 56.2 Å². The third kappa shape index (κ3) is 44.7. The molecule has 0 bridgehead atoms. The third-order valence-electron chi connectivity index (χ3n) is 12.9. The molecule has 1 aliphatic heterocycles. The summed E-state index contributed by atoms with van der Waals surface area (Å²) in [6.07, 6.45) is 65.5. The molecule has 1 aliphatic rings. The molecule has 13 heteroatoms. The molecule has 4 N–H and O–H groups in total. The van der Waals surface area contributed by atoms with Crippen LogP contribution in [0.1, 0.15) is 219 Å². The number of hydrogen-bond donors (Lipinski definition) is 4. The summed E-state index contributed by atoms with van der Waals surface area (Å²) in [6, 6.07) is 0. The topological polar surface area (TPSA) is 178 Å². The molecule has 6 atom stereocenters. The van der Waals surface area contributed by atoms with Crippen LogP contribution >= 0.6 is 0 Å². The normalized spacial score (nSPS) is 19.4. The van der Waals surface area contributed by atoms with Crippen LogP contribution in [0.3, 0.4) is 0 Å². The van der Waals surface area contributed by atoms with E-state index < -0.39 is 59.8 Å². The van der Waals surface area contributed by atoms with E-state index in [4.69, 9.17) is 18.9 Å². The van der Waals surface area contributed by atoms with Crippen molar-refractivity contribution in [2.24, 2.45) is 0 Å². The van der Waals surface area contributed by atoms with Crippen LogP contribution < -0.4 is 0 Å². The molecule has 12 nitrogen and oxygen atoms in total. The quantitative estimate of drug-likeness (QED) is 0.0196. The van der Waals surface area contributed by atoms with Gasteiger partial charge in [0.1, 0.15) is 30.5 Å². The number of carbonyl (C=O) groups is 1. The van der Waals surface area contributed by atoms with Gasteiger partial charge in [-0.1, -0.05) is 226 Å². The highest BCUT2D eigenvalue weighted by molar-refractivity contribution is 7.80. The monoisotopic (exact) mass is 1090 g/mol. The summed E-state index contributed by atoms with van der Waals surface area (Å²) >= 11 is 0. The summed E-state index contributed by atoms with van der Waals surface area (Å²) in [4.78, 5) is 13.0. The van der Waals surface area contributed by atoms with Crippen LogP contribution in [0.5, 0.6) is 0 Å². The van der Waals surface area contributed by atoms with Crippen LogP contribution in [-0.2, 0) is 38.3 Å². The van der Waals surface area contributed by atoms with Crippen molar-refractivity contribution in [3.63, 3.8) is 0 Å². The van der Waals surface area contributed by atoms with Crippen LogP contribution in [0.15, 0.2) is 109 Å². The van der Waals surface area contributed by atoms with Gasteiger partial charge in [-0.05, 0) is 96.3 Å². The fraction of sp³-hybridized carbons (Fsp3) is 0.698. The van der Waals surface area contributed by atoms with Gasteiger partial charge < -0.3 is 34.3 Å². The largest absolute Gasteiger partial charge is 0.457 e. The van der Waals surface area contributed by atoms with E-state index in [0.717, 1.165) is 109 Å². The Labute approximate surface area is 462 Å². The average molecular weight is 1090 g/mol. The van der Waals surface area contributed by atoms with Crippen LogP contribution in [0.4, 0.5) is 0 Å². The standard InChI is InChI=1S/C63H106O12S/c1-3-5-7-9-11-13-15-17-19-21-23-25-27-28-29-31-33-35-37-39-41-43-45-47-49-51-53-71-55-57(56-72-63-61(67)62(75-76(68,69)70)60(66)58(54-64)74-63)73-59(65)52-50-48-46-44-42-40-38-36-34-32-30-26-24-22-20-18-16-14-12-10-8-6-4-2/h5-8,11-14,17-20,23-26,28-29,57-58,60-64,66-67H,3-4,9-10,15-16,21-22,27,30-56H2,1-2H3,(H,68,69,70)/b7-5-,8-6-,13-11-,14-12-,19-17-,20-18-,25-23-,26-24-,29-28-. The van der Waals surface area contributed by atoms with Gasteiger partial charge in [0.15, 0.2) is 6.29 Å². The van der Waals surface area contributed by atoms with E-state index in [0.29, 0.717) is 13.0 Å². The van der Waals surface area contributed by atoms with Crippen LogP contribution in [-0.4, -0.2) is 97.5 Å². The highest BCUT2D eigenvalue weighted by atomic mass is 32.3. The maximum atomic E-state index is 13.0. The molecule has 0 aromatic heterocycles. The minimum Gasteiger partial charge on any atom is -0.457 e. The van der Waals surface area contributed by atoms with Gasteiger partial charge in [-0.3, -0.25) is 9.35 Å². The number of aliphatic hydroxyl groups excluding tert-OH is 3. The smallest absolute Gasteiger partial charge is 0.397 e. The van der Waals surface area contributed by atoms with E-state index >= 15 is 0 Å². The molecule has 0 amide bonds. The summed E-state index contributed by atoms with van der Waals surface area (Å²) in [7, 11) is -5.08. The van der Waals surface area contributed by atoms with Crippen molar-refractivity contribution in [1.29, 1.82) is 0 Å². The molecule has 0 aromatic rings. The summed E-state index contributed by atoms with van der Waals surface area (Å²) in [5.74, 6) is -0.408. The van der Waals surface area contributed by atoms with E-state index in [9.17, 15) is 33.1 Å². The number of esters is 1. The van der Waals surface area contributed by atoms with Crippen LogP contribution in [0, 0.1) is 0 Å². The SMILES string of the molecule is CC/C=C\C/C=C\C/C=C\C/C=C\C/C=C\CCCCCCCCCCCCOCC(COC1OC(CO)C(O)C(OS(=O)(=O)O)C1O)OC(=O)CCCCCCCCCCCC/C=C\C/C=C\C/C=C\C/C=C\CC. The van der Waals surface area contributed by atoms with Gasteiger partial charge in [-0.2, -0.15) is 8.42 Å². The molecule has 1 saturated heterocycles. The second-order valence-corrected chi connectivity index (χ2v) is 20.9. The maximum Gasteiger partial charge on any atom is 0.397 e. The molecule has 0 radical (unpaired) electrons. The molecule has 1 rings (SSSR count). The molecule has 0 saturated carbocycles. The molecule has 6 unspecified atom stereocenters. The third-order valence-corrected chi connectivity index (χ3v) is 13.4. The number of ether oxygens (including phenoxy) is 4. The van der Waals surface area contributed by atoms with E-state index in [1.807, 2.05) is 0 Å². The Hall–Kier alpha value is -3.24. The Kier molecular flexibility index (Phi) is 48.9. The summed E-state index contributed by atoms with van der Waals surface area (Å²) in [6.45, 7) is 3.76. The Morgan fingerprint density at radius 2 is 0.868 bits per heavy atom. The zero-order valence-electron chi connectivity index (χ0n) is 47.3. The molecule has 0 spiro atoms. The van der Waals surface area contributed by atoms with Crippen molar-refractivity contribution in [2.75, 3.05) is 26.4 Å². The lowest BCUT2D eigenvalue weighted by molar-refractivity contribution is -0.301. The van der Waals surface area contributed by atoms with Crippen LogP contribution in [0.25, 0.3) is 0 Å². The summed E-state index contributed by atoms with van der Waals surface area (Å²) in [5, 5.41) is 30.9. The Morgan fingerprint density at radius 3 is 1.26 bits per heavy atom. The zero-order valence-corrected chi connectivity index (χ0v) is 48.1. The summed E-state index contributed by atoms with van der Waals surface area (Å²) < 4.78 is 59.5. The highest BCUT2D eigenvalue weighted by Crippen LogP contribution is 2.26. The number of aliphatic hydroxyl groups is 3. The van der Waals surface area contributed by atoms with Gasteiger partial charge in [0.05, 0.1) is 19.8 Å². The van der Waals surface area contributed by atoms with Gasteiger partial charge >= 0.3 is 16.4 Å². The molecule has 1 heterocycles. The minimum absolute atomic E-state index is 0.0249. The first-order valence-corrected chi connectivity index (χ1v) is 31.0. The fourth-order valence-electron chi connectivity index (χ4n) is 8.52. The van der Waals surface area contributed by atoms with E-state index in [2.05, 4.69) is 127 Å². The molecule has 76 heavy (non-hydrogen) atoms. The lowest BCUT2D eigenvalue weighted by Gasteiger charge is -2.41. The minimum atomic E-state index is -5.08. The fourth-order valence-corrected chi connectivity index (χ4v) is 9.02. The second-order valence-electron chi connectivity index (χ2n) is 19.8. The number of carbonyl (C=O) groups excluding carboxylic acids is 1. The number of rotatable bonds is 51. The van der Waals surface area contributed by atoms with Gasteiger partial charge in [0, 0.05) is 13.0 Å². The van der Waals surface area contributed by atoms with Crippen molar-refractivity contribution in [3.05, 3.63) is 109 Å². The van der Waals surface area contributed by atoms with Crippen molar-refractivity contribution in [2.45, 2.75) is 256 Å². The zero-order chi connectivity index (χ0) is 55.3. The first-order valence-electron chi connectivity index (χ1n) is 29.6. The second kappa shape index (κ2) is 52.5. The maximum absolute atomic E-state index is 13.0. The number of hydrogen-bond acceptors (Lipinski definition) is 11. The molecule has 0 aromatic carbocycles. The van der Waals surface area contributed by atoms with Gasteiger partial charge in [-0.15, -0.1) is 0 Å². The molecule has 1 fully saturated rings. The molecule has 436 valence electrons. The Balaban J connectivity index is 2.30. The molecular formula is C63H106O12S. The average Bonchev–Trinajstić information content (AvgIpc) is 3.40. The number of unbranched alkanes of at least 4 members (excludes halogenated alkanes) is 20. The van der Waals surface area contributed by atoms with Crippen molar-refractivity contribution >= 4 is 16.4 Å². The van der Waals surface area contributed by atoms with Crippen LogP contribution in [0.2, 0.25) is 0 Å². The first-order chi connectivity index (χ1) is 37.1. The predicted octanol–water partition coefficient (Wildman–Crippen LogP) is 15.1. The highest BCUT2D eigenvalue weighted by Gasteiger charge is 2.48. The van der Waals surface area contributed by atoms with Gasteiger partial charge in [0.2, 0.25) is 0 Å². The first kappa shape index (κ1) is 70.8. The lowest BCUT2D eigenvalue weighted by Crippen LogP contribution is -2.60. The lowest BCUT2D eigenvalue weighted by atomic mass is 9.99. The Morgan fingerprint density at radius 1 is 0.500 bits per heavy atom. The summed E-state index contributed by atoms with van der Waals surface area (Å²) in [5.41, 5.74) is 0. The molecular weight excluding hydrogens is 981 g/mol.